The van der Waals surface area contributed by atoms with Crippen molar-refractivity contribution in [2.24, 2.45) is 11.3 Å². The second-order valence-corrected chi connectivity index (χ2v) is 6.52. The number of nitrogens with two attached hydrogens (primary N) is 1. The Hall–Kier alpha value is -1.51. The molecule has 0 aliphatic rings. The van der Waals surface area contributed by atoms with Gasteiger partial charge < -0.3 is 10.5 Å². The Morgan fingerprint density at radius 1 is 1.35 bits per heavy atom. The number of esters is 1. The number of carbonyl (C=O) groups is 1. The zero-order valence-corrected chi connectivity index (χ0v) is 13.5. The molecular formula is C17H27NO2. The van der Waals surface area contributed by atoms with Crippen molar-refractivity contribution >= 4 is 11.7 Å². The van der Waals surface area contributed by atoms with Gasteiger partial charge in [0.15, 0.2) is 0 Å². The fourth-order valence-electron chi connectivity index (χ4n) is 2.30. The van der Waals surface area contributed by atoms with Gasteiger partial charge in [0.25, 0.3) is 0 Å². The first-order valence-corrected chi connectivity index (χ1v) is 7.21. The zero-order valence-electron chi connectivity index (χ0n) is 13.5. The summed E-state index contributed by atoms with van der Waals surface area (Å²) in [5, 5.41) is 0. The lowest BCUT2D eigenvalue weighted by molar-refractivity contribution is -0.147. The Balaban J connectivity index is 3.30. The van der Waals surface area contributed by atoms with Gasteiger partial charge in [-0.2, -0.15) is 0 Å². The molecule has 2 unspecified atom stereocenters. The highest BCUT2D eigenvalue weighted by Gasteiger charge is 2.36. The molecule has 0 bridgehead atoms. The molecule has 0 spiro atoms. The average Bonchev–Trinajstić information content (AvgIpc) is 2.33. The van der Waals surface area contributed by atoms with Gasteiger partial charge in [0.1, 0.15) is 0 Å². The van der Waals surface area contributed by atoms with Crippen molar-refractivity contribution in [3.63, 3.8) is 0 Å². The predicted molar refractivity (Wildman–Crippen MR) is 83.6 cm³/mol. The Bertz CT molecular complexity index is 474. The van der Waals surface area contributed by atoms with Crippen LogP contribution in [0.15, 0.2) is 18.2 Å². The van der Waals surface area contributed by atoms with Crippen molar-refractivity contribution in [2.75, 3.05) is 12.3 Å². The smallest absolute Gasteiger partial charge is 0.313 e. The standard InChI is InChI=1S/C17H27NO2/c1-7-20-16(19)15(12(3)17(4,5)6)13-10-11(2)8-9-14(13)18/h8-10,12,15H,7,18H2,1-6H3. The van der Waals surface area contributed by atoms with Crippen LogP contribution in [-0.2, 0) is 9.53 Å². The van der Waals surface area contributed by atoms with E-state index in [1.54, 1.807) is 0 Å². The molecule has 3 nitrogen and oxygen atoms in total. The van der Waals surface area contributed by atoms with Crippen LogP contribution >= 0.6 is 0 Å². The van der Waals surface area contributed by atoms with Gasteiger partial charge in [0.05, 0.1) is 12.5 Å². The highest BCUT2D eigenvalue weighted by molar-refractivity contribution is 5.81. The van der Waals surface area contributed by atoms with Crippen molar-refractivity contribution in [1.29, 1.82) is 0 Å². The average molecular weight is 277 g/mol. The van der Waals surface area contributed by atoms with E-state index in [1.165, 1.54) is 0 Å². The lowest BCUT2D eigenvalue weighted by Crippen LogP contribution is -2.31. The first kappa shape index (κ1) is 16.5. The van der Waals surface area contributed by atoms with Crippen molar-refractivity contribution in [2.45, 2.75) is 47.5 Å². The SMILES string of the molecule is CCOC(=O)C(c1cc(C)ccc1N)C(C)C(C)(C)C. The van der Waals surface area contributed by atoms with Gasteiger partial charge in [-0.15, -0.1) is 0 Å². The van der Waals surface area contributed by atoms with E-state index in [0.29, 0.717) is 12.3 Å². The summed E-state index contributed by atoms with van der Waals surface area (Å²) >= 11 is 0. The normalized spacial score (nSPS) is 14.7. The third-order valence-corrected chi connectivity index (χ3v) is 3.98. The van der Waals surface area contributed by atoms with E-state index in [4.69, 9.17) is 10.5 Å². The van der Waals surface area contributed by atoms with E-state index in [-0.39, 0.29) is 23.2 Å². The minimum atomic E-state index is -0.324. The number of ether oxygens (including phenoxy) is 1. The number of nitrogen functional groups attached to an aromatic ring is 1. The van der Waals surface area contributed by atoms with Crippen LogP contribution in [0, 0.1) is 18.3 Å². The van der Waals surface area contributed by atoms with Crippen molar-refractivity contribution in [3.8, 4) is 0 Å². The van der Waals surface area contributed by atoms with Gasteiger partial charge in [0, 0.05) is 5.69 Å². The summed E-state index contributed by atoms with van der Waals surface area (Å²) in [5.41, 5.74) is 8.73. The molecular weight excluding hydrogens is 250 g/mol. The molecule has 1 rings (SSSR count). The molecule has 1 aromatic carbocycles. The van der Waals surface area contributed by atoms with Crippen molar-refractivity contribution in [1.82, 2.24) is 0 Å². The molecule has 112 valence electrons. The van der Waals surface area contributed by atoms with Crippen LogP contribution in [0.25, 0.3) is 0 Å². The number of carbonyl (C=O) groups excluding carboxylic acids is 1. The van der Waals surface area contributed by atoms with Crippen LogP contribution in [0.3, 0.4) is 0 Å². The fourth-order valence-corrected chi connectivity index (χ4v) is 2.30. The molecule has 20 heavy (non-hydrogen) atoms. The number of anilines is 1. The highest BCUT2D eigenvalue weighted by atomic mass is 16.5. The third-order valence-electron chi connectivity index (χ3n) is 3.98. The number of aryl methyl sites for hydroxylation is 1. The van der Waals surface area contributed by atoms with E-state index in [0.717, 1.165) is 11.1 Å². The summed E-state index contributed by atoms with van der Waals surface area (Å²) in [6.45, 7) is 12.7. The van der Waals surface area contributed by atoms with Gasteiger partial charge in [-0.25, -0.2) is 0 Å². The molecule has 0 aliphatic heterocycles. The highest BCUT2D eigenvalue weighted by Crippen LogP contribution is 2.40. The van der Waals surface area contributed by atoms with E-state index >= 15 is 0 Å². The van der Waals surface area contributed by atoms with E-state index < -0.39 is 0 Å². The summed E-state index contributed by atoms with van der Waals surface area (Å²) in [5.74, 6) is -0.382. The van der Waals surface area contributed by atoms with Crippen molar-refractivity contribution in [3.05, 3.63) is 29.3 Å². The Labute approximate surface area is 122 Å². The molecule has 1 aromatic rings. The monoisotopic (exact) mass is 277 g/mol. The van der Waals surface area contributed by atoms with E-state index in [1.807, 2.05) is 32.0 Å². The molecule has 2 N–H and O–H groups in total. The minimum Gasteiger partial charge on any atom is -0.466 e. The number of hydrogen-bond acceptors (Lipinski definition) is 3. The third kappa shape index (κ3) is 3.75. The number of rotatable bonds is 4. The second-order valence-electron chi connectivity index (χ2n) is 6.52. The van der Waals surface area contributed by atoms with Crippen LogP contribution in [0.1, 0.15) is 51.7 Å². The lowest BCUT2D eigenvalue weighted by atomic mass is 9.71. The molecule has 3 heteroatoms. The van der Waals surface area contributed by atoms with Crippen LogP contribution in [0.2, 0.25) is 0 Å². The summed E-state index contributed by atoms with van der Waals surface area (Å²) in [6, 6.07) is 5.83. The van der Waals surface area contributed by atoms with E-state index in [2.05, 4.69) is 27.7 Å². The van der Waals surface area contributed by atoms with Gasteiger partial charge >= 0.3 is 5.97 Å². The van der Waals surface area contributed by atoms with Gasteiger partial charge in [-0.1, -0.05) is 45.4 Å². The molecule has 0 aromatic heterocycles. The molecule has 0 saturated heterocycles. The number of benzene rings is 1. The Morgan fingerprint density at radius 2 is 1.95 bits per heavy atom. The fraction of sp³-hybridized carbons (Fsp3) is 0.588. The zero-order chi connectivity index (χ0) is 15.5. The van der Waals surface area contributed by atoms with Gasteiger partial charge in [0.2, 0.25) is 0 Å². The maximum Gasteiger partial charge on any atom is 0.313 e. The Kier molecular flexibility index (Phi) is 5.21. The summed E-state index contributed by atoms with van der Waals surface area (Å²) in [4.78, 5) is 12.4. The molecule has 0 heterocycles. The van der Waals surface area contributed by atoms with Crippen LogP contribution in [0.4, 0.5) is 5.69 Å². The molecule has 2 atom stereocenters. The topological polar surface area (TPSA) is 52.3 Å². The second kappa shape index (κ2) is 6.29. The summed E-state index contributed by atoms with van der Waals surface area (Å²) < 4.78 is 5.28. The van der Waals surface area contributed by atoms with Gasteiger partial charge in [-0.05, 0) is 36.8 Å². The Morgan fingerprint density at radius 3 is 2.45 bits per heavy atom. The lowest BCUT2D eigenvalue weighted by Gasteiger charge is -2.34. The van der Waals surface area contributed by atoms with Crippen LogP contribution < -0.4 is 5.73 Å². The molecule has 0 fully saturated rings. The first-order valence-electron chi connectivity index (χ1n) is 7.21. The predicted octanol–water partition coefficient (Wildman–Crippen LogP) is 3.91. The molecule has 0 amide bonds. The number of hydrogen-bond donors (Lipinski definition) is 1. The maximum absolute atomic E-state index is 12.4. The van der Waals surface area contributed by atoms with Crippen LogP contribution in [0.5, 0.6) is 0 Å². The van der Waals surface area contributed by atoms with E-state index in [9.17, 15) is 4.79 Å². The maximum atomic E-state index is 12.4. The van der Waals surface area contributed by atoms with Gasteiger partial charge in [-0.3, -0.25) is 4.79 Å². The van der Waals surface area contributed by atoms with Crippen LogP contribution in [-0.4, -0.2) is 12.6 Å². The molecule has 0 saturated carbocycles. The molecule has 0 radical (unpaired) electrons. The largest absolute Gasteiger partial charge is 0.466 e. The minimum absolute atomic E-state index is 0.00634. The summed E-state index contributed by atoms with van der Waals surface area (Å²) in [7, 11) is 0. The van der Waals surface area contributed by atoms with Crippen molar-refractivity contribution < 1.29 is 9.53 Å². The first-order chi connectivity index (χ1) is 9.18. The molecule has 0 aliphatic carbocycles. The quantitative estimate of drug-likeness (QED) is 0.670. The summed E-state index contributed by atoms with van der Waals surface area (Å²) in [6.07, 6.45) is 0.